The predicted molar refractivity (Wildman–Crippen MR) is 115 cm³/mol. The van der Waals surface area contributed by atoms with Gasteiger partial charge < -0.3 is 20.2 Å². The van der Waals surface area contributed by atoms with Gasteiger partial charge in [0.15, 0.2) is 0 Å². The highest BCUT2D eigenvalue weighted by atomic mass is 16.4. The number of piperidine rings is 1. The van der Waals surface area contributed by atoms with Gasteiger partial charge >= 0.3 is 12.0 Å². The zero-order valence-electron chi connectivity index (χ0n) is 18.0. The molecule has 0 aromatic heterocycles. The first-order valence-corrected chi connectivity index (χ1v) is 10.4. The van der Waals surface area contributed by atoms with Crippen LogP contribution in [0.1, 0.15) is 51.2 Å². The van der Waals surface area contributed by atoms with E-state index in [9.17, 15) is 14.4 Å². The molecule has 3 amide bonds. The van der Waals surface area contributed by atoms with Crippen LogP contribution in [-0.2, 0) is 15.1 Å². The summed E-state index contributed by atoms with van der Waals surface area (Å²) in [6.07, 6.45) is 1.40. The van der Waals surface area contributed by atoms with E-state index in [1.165, 1.54) is 0 Å². The SMILES string of the molecule is C=C(C)c1cccc(C(C)(C)NC(=O)N2CCC(N3CC(C(=O)O)CC3=O)CC2)c1. The first kappa shape index (κ1) is 21.9. The van der Waals surface area contributed by atoms with Crippen LogP contribution >= 0.6 is 0 Å². The van der Waals surface area contributed by atoms with E-state index in [0.717, 1.165) is 16.7 Å². The van der Waals surface area contributed by atoms with Crippen LogP contribution in [0.2, 0.25) is 0 Å². The molecule has 1 aromatic rings. The zero-order valence-corrected chi connectivity index (χ0v) is 18.0. The van der Waals surface area contributed by atoms with Gasteiger partial charge in [-0.15, -0.1) is 0 Å². The minimum atomic E-state index is -0.916. The summed E-state index contributed by atoms with van der Waals surface area (Å²) in [6, 6.07) is 7.89. The maximum atomic E-state index is 12.9. The average molecular weight is 414 g/mol. The molecule has 2 N–H and O–H groups in total. The summed E-state index contributed by atoms with van der Waals surface area (Å²) in [5.74, 6) is -1.63. The van der Waals surface area contributed by atoms with Crippen molar-refractivity contribution in [2.45, 2.75) is 51.6 Å². The van der Waals surface area contributed by atoms with E-state index in [1.807, 2.05) is 45.0 Å². The summed E-state index contributed by atoms with van der Waals surface area (Å²) >= 11 is 0. The Hall–Kier alpha value is -2.83. The minimum Gasteiger partial charge on any atom is -0.481 e. The number of nitrogens with one attached hydrogen (secondary N) is 1. The average Bonchev–Trinajstić information content (AvgIpc) is 3.10. The van der Waals surface area contributed by atoms with Crippen LogP contribution in [0.3, 0.4) is 0 Å². The smallest absolute Gasteiger partial charge is 0.318 e. The van der Waals surface area contributed by atoms with Crippen molar-refractivity contribution < 1.29 is 19.5 Å². The van der Waals surface area contributed by atoms with Gasteiger partial charge in [0.1, 0.15) is 0 Å². The van der Waals surface area contributed by atoms with Crippen molar-refractivity contribution >= 4 is 23.5 Å². The van der Waals surface area contributed by atoms with E-state index in [2.05, 4.69) is 11.9 Å². The largest absolute Gasteiger partial charge is 0.481 e. The summed E-state index contributed by atoms with van der Waals surface area (Å²) in [5, 5.41) is 12.3. The van der Waals surface area contributed by atoms with E-state index in [-0.39, 0.29) is 30.9 Å². The van der Waals surface area contributed by atoms with E-state index < -0.39 is 17.4 Å². The molecule has 0 bridgehead atoms. The monoisotopic (exact) mass is 413 g/mol. The van der Waals surface area contributed by atoms with Crippen molar-refractivity contribution in [1.29, 1.82) is 0 Å². The molecule has 2 fully saturated rings. The maximum absolute atomic E-state index is 12.9. The van der Waals surface area contributed by atoms with Gasteiger partial charge in [-0.1, -0.05) is 30.4 Å². The van der Waals surface area contributed by atoms with Gasteiger partial charge in [0, 0.05) is 32.1 Å². The molecule has 162 valence electrons. The second-order valence-corrected chi connectivity index (χ2v) is 8.92. The number of likely N-dealkylation sites (tertiary alicyclic amines) is 2. The summed E-state index contributed by atoms with van der Waals surface area (Å²) in [7, 11) is 0. The fraction of sp³-hybridized carbons (Fsp3) is 0.522. The van der Waals surface area contributed by atoms with E-state index in [1.54, 1.807) is 9.80 Å². The third kappa shape index (κ3) is 4.66. The number of carboxylic acids is 1. The molecule has 1 unspecified atom stereocenters. The highest BCUT2D eigenvalue weighted by Crippen LogP contribution is 2.27. The molecule has 3 rings (SSSR count). The van der Waals surface area contributed by atoms with Crippen LogP contribution < -0.4 is 5.32 Å². The molecule has 7 nitrogen and oxygen atoms in total. The molecule has 2 heterocycles. The summed E-state index contributed by atoms with van der Waals surface area (Å²) in [5.41, 5.74) is 2.49. The quantitative estimate of drug-likeness (QED) is 0.776. The number of allylic oxidation sites excluding steroid dienone is 1. The van der Waals surface area contributed by atoms with Crippen molar-refractivity contribution in [3.8, 4) is 0 Å². The fourth-order valence-electron chi connectivity index (χ4n) is 4.22. The van der Waals surface area contributed by atoms with Crippen molar-refractivity contribution in [3.05, 3.63) is 42.0 Å². The molecule has 30 heavy (non-hydrogen) atoms. The number of urea groups is 1. The van der Waals surface area contributed by atoms with E-state index in [0.29, 0.717) is 25.9 Å². The van der Waals surface area contributed by atoms with Gasteiger partial charge in [-0.3, -0.25) is 9.59 Å². The third-order valence-electron chi connectivity index (χ3n) is 6.20. The standard InChI is InChI=1S/C23H31N3O4/c1-15(2)16-6-5-7-18(12-16)23(3,4)24-22(30)25-10-8-19(9-11-25)26-14-17(21(28)29)13-20(26)27/h5-7,12,17,19H,1,8-11,13-14H2,2-4H3,(H,24,30)(H,28,29). The predicted octanol–water partition coefficient (Wildman–Crippen LogP) is 3.06. The number of amides is 3. The lowest BCUT2D eigenvalue weighted by Gasteiger charge is -2.38. The minimum absolute atomic E-state index is 0.00570. The fourth-order valence-corrected chi connectivity index (χ4v) is 4.22. The molecule has 2 saturated heterocycles. The topological polar surface area (TPSA) is 90.0 Å². The molecule has 0 saturated carbocycles. The zero-order chi connectivity index (χ0) is 22.1. The Morgan fingerprint density at radius 3 is 2.47 bits per heavy atom. The first-order chi connectivity index (χ1) is 14.1. The normalized spacial score (nSPS) is 20.4. The molecule has 1 atom stereocenters. The molecule has 0 radical (unpaired) electrons. The lowest BCUT2D eigenvalue weighted by molar-refractivity contribution is -0.141. The first-order valence-electron chi connectivity index (χ1n) is 10.4. The molecule has 2 aliphatic heterocycles. The number of hydrogen-bond acceptors (Lipinski definition) is 3. The summed E-state index contributed by atoms with van der Waals surface area (Å²) in [6.45, 7) is 11.3. The third-order valence-corrected chi connectivity index (χ3v) is 6.20. The Morgan fingerprint density at radius 1 is 1.23 bits per heavy atom. The number of nitrogens with zero attached hydrogens (tertiary/aromatic N) is 2. The molecular formula is C23H31N3O4. The van der Waals surface area contributed by atoms with Crippen LogP contribution in [0.4, 0.5) is 4.79 Å². The Bertz CT molecular complexity index is 856. The number of benzene rings is 1. The van der Waals surface area contributed by atoms with E-state index in [4.69, 9.17) is 5.11 Å². The number of aliphatic carboxylic acids is 1. The summed E-state index contributed by atoms with van der Waals surface area (Å²) < 4.78 is 0. The van der Waals surface area contributed by atoms with Crippen LogP contribution in [0.25, 0.3) is 5.57 Å². The van der Waals surface area contributed by atoms with Gasteiger partial charge in [0.05, 0.1) is 11.5 Å². The van der Waals surface area contributed by atoms with Crippen LogP contribution in [-0.4, -0.2) is 58.5 Å². The molecular weight excluding hydrogens is 382 g/mol. The van der Waals surface area contributed by atoms with Gasteiger partial charge in [0.2, 0.25) is 5.91 Å². The molecule has 1 aromatic carbocycles. The Labute approximate surface area is 177 Å². The summed E-state index contributed by atoms with van der Waals surface area (Å²) in [4.78, 5) is 39.7. The Balaban J connectivity index is 1.58. The maximum Gasteiger partial charge on any atom is 0.318 e. The van der Waals surface area contributed by atoms with Crippen molar-refractivity contribution in [1.82, 2.24) is 15.1 Å². The molecule has 2 aliphatic rings. The number of carbonyl (C=O) groups excluding carboxylic acids is 2. The molecule has 0 spiro atoms. The van der Waals surface area contributed by atoms with Gasteiger partial charge in [-0.05, 0) is 50.8 Å². The second-order valence-electron chi connectivity index (χ2n) is 8.92. The number of carbonyl (C=O) groups is 3. The lowest BCUT2D eigenvalue weighted by atomic mass is 9.91. The van der Waals surface area contributed by atoms with Crippen LogP contribution in [0.15, 0.2) is 30.8 Å². The van der Waals surface area contributed by atoms with Crippen molar-refractivity contribution in [2.75, 3.05) is 19.6 Å². The Morgan fingerprint density at radius 2 is 1.90 bits per heavy atom. The highest BCUT2D eigenvalue weighted by molar-refractivity contribution is 5.86. The number of carboxylic acid groups (broad SMARTS) is 1. The van der Waals surface area contributed by atoms with Gasteiger partial charge in [0.25, 0.3) is 0 Å². The van der Waals surface area contributed by atoms with Crippen LogP contribution in [0.5, 0.6) is 0 Å². The number of rotatable bonds is 5. The lowest BCUT2D eigenvalue weighted by Crippen LogP contribution is -2.53. The second kappa shape index (κ2) is 8.50. The van der Waals surface area contributed by atoms with Gasteiger partial charge in [-0.2, -0.15) is 0 Å². The Kier molecular flexibility index (Phi) is 6.19. The van der Waals surface area contributed by atoms with Gasteiger partial charge in [-0.25, -0.2) is 4.79 Å². The van der Waals surface area contributed by atoms with E-state index >= 15 is 0 Å². The van der Waals surface area contributed by atoms with Crippen molar-refractivity contribution in [2.24, 2.45) is 5.92 Å². The van der Waals surface area contributed by atoms with Crippen LogP contribution in [0, 0.1) is 5.92 Å². The molecule has 7 heteroatoms. The number of hydrogen-bond donors (Lipinski definition) is 2. The van der Waals surface area contributed by atoms with Crippen molar-refractivity contribution in [3.63, 3.8) is 0 Å². The highest BCUT2D eigenvalue weighted by Gasteiger charge is 2.39. The molecule has 0 aliphatic carbocycles.